The fraction of sp³-hybridized carbons (Fsp3) is 0.429. The maximum absolute atomic E-state index is 5.80. The molecular formula is C14H20N2O2. The molecule has 0 aliphatic heterocycles. The van der Waals surface area contributed by atoms with Gasteiger partial charge in [0.05, 0.1) is 20.8 Å². The number of ether oxygens (including phenoxy) is 2. The van der Waals surface area contributed by atoms with Crippen molar-refractivity contribution >= 4 is 0 Å². The van der Waals surface area contributed by atoms with Crippen LogP contribution in [0.4, 0.5) is 0 Å². The predicted octanol–water partition coefficient (Wildman–Crippen LogP) is 1.32. The zero-order valence-corrected chi connectivity index (χ0v) is 11.1. The van der Waals surface area contributed by atoms with E-state index in [1.54, 1.807) is 14.2 Å². The van der Waals surface area contributed by atoms with Gasteiger partial charge in [0.25, 0.3) is 0 Å². The van der Waals surface area contributed by atoms with E-state index in [4.69, 9.17) is 15.2 Å². The number of nitrogens with one attached hydrogen (secondary N) is 1. The molecule has 1 aromatic rings. The highest BCUT2D eigenvalue weighted by atomic mass is 16.5. The van der Waals surface area contributed by atoms with Gasteiger partial charge in [-0.05, 0) is 25.1 Å². The SMILES string of the molecule is CC#CCNC(CN)c1cc(OC)ccc1OC. The molecule has 4 nitrogen and oxygen atoms in total. The molecule has 1 rings (SSSR count). The quantitative estimate of drug-likeness (QED) is 0.745. The second-order valence-electron chi connectivity index (χ2n) is 3.70. The highest BCUT2D eigenvalue weighted by molar-refractivity contribution is 5.42. The maximum atomic E-state index is 5.80. The Hall–Kier alpha value is -1.70. The summed E-state index contributed by atoms with van der Waals surface area (Å²) in [6.07, 6.45) is 0. The van der Waals surface area contributed by atoms with E-state index in [0.717, 1.165) is 17.1 Å². The molecule has 0 aliphatic carbocycles. The van der Waals surface area contributed by atoms with Crippen LogP contribution in [-0.2, 0) is 0 Å². The molecule has 0 aliphatic rings. The topological polar surface area (TPSA) is 56.5 Å². The van der Waals surface area contributed by atoms with Crippen LogP contribution in [0.5, 0.6) is 11.5 Å². The monoisotopic (exact) mass is 248 g/mol. The van der Waals surface area contributed by atoms with Gasteiger partial charge >= 0.3 is 0 Å². The Morgan fingerprint density at radius 2 is 2.11 bits per heavy atom. The Morgan fingerprint density at radius 1 is 1.33 bits per heavy atom. The van der Waals surface area contributed by atoms with Gasteiger partial charge in [-0.15, -0.1) is 5.92 Å². The van der Waals surface area contributed by atoms with Crippen LogP contribution in [0, 0.1) is 11.8 Å². The van der Waals surface area contributed by atoms with E-state index in [2.05, 4.69) is 17.2 Å². The van der Waals surface area contributed by atoms with Crippen LogP contribution in [0.1, 0.15) is 18.5 Å². The molecular weight excluding hydrogens is 228 g/mol. The summed E-state index contributed by atoms with van der Waals surface area (Å²) in [5.74, 6) is 7.38. The Bertz CT molecular complexity index is 435. The lowest BCUT2D eigenvalue weighted by Crippen LogP contribution is -2.28. The van der Waals surface area contributed by atoms with Crippen LogP contribution in [-0.4, -0.2) is 27.3 Å². The number of rotatable bonds is 6. The van der Waals surface area contributed by atoms with Gasteiger partial charge in [0.15, 0.2) is 0 Å². The van der Waals surface area contributed by atoms with Crippen molar-refractivity contribution in [2.75, 3.05) is 27.3 Å². The standard InChI is InChI=1S/C14H20N2O2/c1-4-5-8-16-13(10-15)12-9-11(17-2)6-7-14(12)18-3/h6-7,9,13,16H,8,10,15H2,1-3H3. The molecule has 0 radical (unpaired) electrons. The van der Waals surface area contributed by atoms with Gasteiger partial charge in [0, 0.05) is 18.2 Å². The van der Waals surface area contributed by atoms with E-state index in [1.807, 2.05) is 25.1 Å². The molecule has 0 fully saturated rings. The molecule has 3 N–H and O–H groups in total. The normalized spacial score (nSPS) is 11.3. The lowest BCUT2D eigenvalue weighted by molar-refractivity contribution is 0.391. The summed E-state index contributed by atoms with van der Waals surface area (Å²) in [4.78, 5) is 0. The van der Waals surface area contributed by atoms with Crippen LogP contribution in [0.3, 0.4) is 0 Å². The largest absolute Gasteiger partial charge is 0.497 e. The van der Waals surface area contributed by atoms with Gasteiger partial charge < -0.3 is 15.2 Å². The molecule has 0 aromatic heterocycles. The lowest BCUT2D eigenvalue weighted by atomic mass is 10.1. The maximum Gasteiger partial charge on any atom is 0.123 e. The Labute approximate surface area is 108 Å². The van der Waals surface area contributed by atoms with Crippen LogP contribution < -0.4 is 20.5 Å². The molecule has 0 heterocycles. The summed E-state index contributed by atoms with van der Waals surface area (Å²) in [5, 5.41) is 3.28. The number of hydrogen-bond donors (Lipinski definition) is 2. The summed E-state index contributed by atoms with van der Waals surface area (Å²) in [7, 11) is 3.28. The second-order valence-corrected chi connectivity index (χ2v) is 3.70. The van der Waals surface area contributed by atoms with E-state index < -0.39 is 0 Å². The Kier molecular flexibility index (Phi) is 6.06. The minimum absolute atomic E-state index is 0.00380. The first kappa shape index (κ1) is 14.4. The van der Waals surface area contributed by atoms with Crippen molar-refractivity contribution in [1.29, 1.82) is 0 Å². The summed E-state index contributed by atoms with van der Waals surface area (Å²) in [6, 6.07) is 5.67. The van der Waals surface area contributed by atoms with E-state index in [-0.39, 0.29) is 6.04 Å². The first-order valence-electron chi connectivity index (χ1n) is 5.81. The second kappa shape index (κ2) is 7.59. The average molecular weight is 248 g/mol. The molecule has 4 heteroatoms. The molecule has 98 valence electrons. The third-order valence-electron chi connectivity index (χ3n) is 2.66. The fourth-order valence-electron chi connectivity index (χ4n) is 1.69. The molecule has 18 heavy (non-hydrogen) atoms. The van der Waals surface area contributed by atoms with E-state index >= 15 is 0 Å². The summed E-state index contributed by atoms with van der Waals surface area (Å²) < 4.78 is 10.6. The number of hydrogen-bond acceptors (Lipinski definition) is 4. The van der Waals surface area contributed by atoms with Crippen molar-refractivity contribution in [1.82, 2.24) is 5.32 Å². The van der Waals surface area contributed by atoms with Gasteiger partial charge in [-0.3, -0.25) is 5.32 Å². The van der Waals surface area contributed by atoms with Gasteiger partial charge in [0.1, 0.15) is 11.5 Å². The molecule has 0 saturated heterocycles. The van der Waals surface area contributed by atoms with Crippen LogP contribution in [0.25, 0.3) is 0 Å². The van der Waals surface area contributed by atoms with Crippen molar-refractivity contribution in [3.05, 3.63) is 23.8 Å². The molecule has 1 unspecified atom stereocenters. The Morgan fingerprint density at radius 3 is 2.67 bits per heavy atom. The summed E-state index contributed by atoms with van der Waals surface area (Å²) in [6.45, 7) is 2.87. The van der Waals surface area contributed by atoms with Gasteiger partial charge in [-0.2, -0.15) is 0 Å². The first-order chi connectivity index (χ1) is 8.76. The van der Waals surface area contributed by atoms with E-state index in [1.165, 1.54) is 0 Å². The summed E-state index contributed by atoms with van der Waals surface area (Å²) >= 11 is 0. The predicted molar refractivity (Wildman–Crippen MR) is 72.8 cm³/mol. The Balaban J connectivity index is 2.96. The van der Waals surface area contributed by atoms with Crippen LogP contribution in [0.2, 0.25) is 0 Å². The molecule has 0 spiro atoms. The van der Waals surface area contributed by atoms with Gasteiger partial charge in [-0.1, -0.05) is 5.92 Å². The van der Waals surface area contributed by atoms with Crippen molar-refractivity contribution in [3.63, 3.8) is 0 Å². The van der Waals surface area contributed by atoms with Crippen LogP contribution >= 0.6 is 0 Å². The molecule has 1 aromatic carbocycles. The van der Waals surface area contributed by atoms with E-state index in [0.29, 0.717) is 13.1 Å². The van der Waals surface area contributed by atoms with Gasteiger partial charge in [0.2, 0.25) is 0 Å². The van der Waals surface area contributed by atoms with Crippen molar-refractivity contribution in [3.8, 4) is 23.3 Å². The van der Waals surface area contributed by atoms with Gasteiger partial charge in [-0.25, -0.2) is 0 Å². The summed E-state index contributed by atoms with van der Waals surface area (Å²) in [5.41, 5.74) is 6.78. The molecule has 1 atom stereocenters. The molecule has 0 bridgehead atoms. The zero-order valence-electron chi connectivity index (χ0n) is 11.1. The minimum atomic E-state index is -0.00380. The number of nitrogens with two attached hydrogens (primary N) is 1. The third-order valence-corrected chi connectivity index (χ3v) is 2.66. The highest BCUT2D eigenvalue weighted by Crippen LogP contribution is 2.28. The highest BCUT2D eigenvalue weighted by Gasteiger charge is 2.14. The van der Waals surface area contributed by atoms with Crippen molar-refractivity contribution < 1.29 is 9.47 Å². The lowest BCUT2D eigenvalue weighted by Gasteiger charge is -2.19. The first-order valence-corrected chi connectivity index (χ1v) is 5.81. The van der Waals surface area contributed by atoms with E-state index in [9.17, 15) is 0 Å². The average Bonchev–Trinajstić information content (AvgIpc) is 2.43. The minimum Gasteiger partial charge on any atom is -0.497 e. The van der Waals surface area contributed by atoms with Crippen molar-refractivity contribution in [2.24, 2.45) is 5.73 Å². The fourth-order valence-corrected chi connectivity index (χ4v) is 1.69. The van der Waals surface area contributed by atoms with Crippen molar-refractivity contribution in [2.45, 2.75) is 13.0 Å². The van der Waals surface area contributed by atoms with Crippen LogP contribution in [0.15, 0.2) is 18.2 Å². The zero-order chi connectivity index (χ0) is 13.4. The number of benzene rings is 1. The third kappa shape index (κ3) is 3.66. The smallest absolute Gasteiger partial charge is 0.123 e. The molecule has 0 saturated carbocycles. The number of methoxy groups -OCH3 is 2. The molecule has 0 amide bonds.